The van der Waals surface area contributed by atoms with Gasteiger partial charge < -0.3 is 14.9 Å². The molecule has 0 fully saturated rings. The second kappa shape index (κ2) is 9.84. The maximum Gasteiger partial charge on any atom is 0.335 e. The maximum absolute atomic E-state index is 12.0. The molecule has 0 aliphatic carbocycles. The molecule has 0 saturated carbocycles. The zero-order valence-electron chi connectivity index (χ0n) is 19.7. The molecule has 3 N–H and O–H groups in total. The summed E-state index contributed by atoms with van der Waals surface area (Å²) in [4.78, 5) is 22.2. The third-order valence-electron chi connectivity index (χ3n) is 5.94. The highest BCUT2D eigenvalue weighted by atomic mass is 32.2. The smallest absolute Gasteiger partial charge is 0.335 e. The highest BCUT2D eigenvalue weighted by Crippen LogP contribution is 2.33. The monoisotopic (exact) mass is 520 g/mol. The summed E-state index contributed by atoms with van der Waals surface area (Å²) in [6.45, 7) is 0. The predicted octanol–water partition coefficient (Wildman–Crippen LogP) is 4.16. The number of pyridine rings is 1. The van der Waals surface area contributed by atoms with Gasteiger partial charge in [-0.05, 0) is 71.8 Å². The Bertz CT molecular complexity index is 1550. The van der Waals surface area contributed by atoms with Crippen LogP contribution in [0.15, 0.2) is 83.8 Å². The molecule has 4 aromatic rings. The molecule has 0 aliphatic heterocycles. The molecule has 3 aromatic carbocycles. The van der Waals surface area contributed by atoms with E-state index in [-0.39, 0.29) is 21.8 Å². The van der Waals surface area contributed by atoms with E-state index in [2.05, 4.69) is 0 Å². The van der Waals surface area contributed by atoms with Crippen molar-refractivity contribution in [3.8, 4) is 39.4 Å². The third kappa shape index (κ3) is 5.20. The van der Waals surface area contributed by atoms with E-state index in [1.54, 1.807) is 42.5 Å². The van der Waals surface area contributed by atoms with Crippen LogP contribution in [0.5, 0.6) is 5.75 Å². The Morgan fingerprint density at radius 3 is 1.51 bits per heavy atom. The van der Waals surface area contributed by atoms with E-state index in [0.717, 1.165) is 0 Å². The minimum absolute atomic E-state index is 0.0123. The van der Waals surface area contributed by atoms with E-state index in [0.29, 0.717) is 33.6 Å². The van der Waals surface area contributed by atoms with Crippen LogP contribution in [0.4, 0.5) is 0 Å². The number of methoxy groups -OCH3 is 1. The Hall–Kier alpha value is -4.54. The van der Waals surface area contributed by atoms with Gasteiger partial charge in [0.15, 0.2) is 0 Å². The third-order valence-corrected chi connectivity index (χ3v) is 6.81. The molecule has 1 aromatic heterocycles. The first-order chi connectivity index (χ1) is 17.5. The molecule has 0 amide bonds. The fraction of sp³-hybridized carbons (Fsp3) is 0.0741. The standard InChI is InChI=1S/C27H21NO8S/c1-28-22(16-3-7-18(8-4-16)26(29)30)13-21(14-23(28)17-5-9-19(10-6-17)27(31)32)20-11-12-24(36-2)25(15-20)37(33,34)35/h3-15H,1-2H3,(H2-,29,30,31,32,33,34,35)/p+1. The van der Waals surface area contributed by atoms with Crippen molar-refractivity contribution >= 4 is 22.1 Å². The number of benzene rings is 3. The van der Waals surface area contributed by atoms with Crippen LogP contribution in [0.1, 0.15) is 20.7 Å². The van der Waals surface area contributed by atoms with Gasteiger partial charge in [-0.2, -0.15) is 13.0 Å². The van der Waals surface area contributed by atoms with Crippen LogP contribution in [0.2, 0.25) is 0 Å². The Balaban J connectivity index is 1.97. The van der Waals surface area contributed by atoms with Crippen molar-refractivity contribution < 1.29 is 42.1 Å². The van der Waals surface area contributed by atoms with Crippen LogP contribution < -0.4 is 9.30 Å². The number of rotatable bonds is 7. The minimum atomic E-state index is -4.58. The molecule has 0 aliphatic rings. The lowest BCUT2D eigenvalue weighted by Crippen LogP contribution is -2.34. The summed E-state index contributed by atoms with van der Waals surface area (Å²) in [7, 11) is -1.47. The van der Waals surface area contributed by atoms with Crippen molar-refractivity contribution in [1.29, 1.82) is 0 Å². The van der Waals surface area contributed by atoms with E-state index >= 15 is 0 Å². The van der Waals surface area contributed by atoms with Gasteiger partial charge in [0, 0.05) is 23.3 Å². The molecular weight excluding hydrogens is 498 g/mol. The van der Waals surface area contributed by atoms with E-state index in [4.69, 9.17) is 4.74 Å². The molecule has 1 heterocycles. The zero-order valence-corrected chi connectivity index (χ0v) is 20.6. The molecule has 9 nitrogen and oxygen atoms in total. The second-order valence-electron chi connectivity index (χ2n) is 8.18. The van der Waals surface area contributed by atoms with Gasteiger partial charge in [0.1, 0.15) is 17.7 Å². The molecule has 0 atom stereocenters. The quantitative estimate of drug-likeness (QED) is 0.244. The molecule has 0 bridgehead atoms. The van der Waals surface area contributed by atoms with E-state index in [9.17, 15) is 32.8 Å². The van der Waals surface area contributed by atoms with Gasteiger partial charge in [-0.3, -0.25) is 4.55 Å². The zero-order chi connectivity index (χ0) is 26.9. The fourth-order valence-corrected chi connectivity index (χ4v) is 4.69. The molecule has 0 unspecified atom stereocenters. The Labute approximate surface area is 212 Å². The number of aromatic carboxylic acids is 2. The Morgan fingerprint density at radius 2 is 1.14 bits per heavy atom. The first-order valence-electron chi connectivity index (χ1n) is 10.9. The molecule has 10 heteroatoms. The summed E-state index contributed by atoms with van der Waals surface area (Å²) in [6.07, 6.45) is 0. The Kier molecular flexibility index (Phi) is 6.80. The number of carbonyl (C=O) groups is 2. The maximum atomic E-state index is 12.0. The summed E-state index contributed by atoms with van der Waals surface area (Å²) in [5.74, 6) is -2.12. The lowest BCUT2D eigenvalue weighted by molar-refractivity contribution is -0.649. The molecule has 0 radical (unpaired) electrons. The van der Waals surface area contributed by atoms with Crippen LogP contribution in [-0.4, -0.2) is 42.2 Å². The van der Waals surface area contributed by atoms with Gasteiger partial charge in [0.25, 0.3) is 10.1 Å². The van der Waals surface area contributed by atoms with Crippen molar-refractivity contribution in [2.75, 3.05) is 7.11 Å². The summed E-state index contributed by atoms with van der Waals surface area (Å²) in [5, 5.41) is 18.5. The lowest BCUT2D eigenvalue weighted by Gasteiger charge is -2.12. The van der Waals surface area contributed by atoms with Crippen LogP contribution >= 0.6 is 0 Å². The van der Waals surface area contributed by atoms with E-state index in [1.807, 2.05) is 11.6 Å². The van der Waals surface area contributed by atoms with Crippen LogP contribution in [0.25, 0.3) is 33.6 Å². The molecule has 0 spiro atoms. The highest BCUT2D eigenvalue weighted by molar-refractivity contribution is 7.86. The van der Waals surface area contributed by atoms with Crippen molar-refractivity contribution in [2.24, 2.45) is 7.05 Å². The van der Waals surface area contributed by atoms with Gasteiger partial charge in [0.2, 0.25) is 11.4 Å². The lowest BCUT2D eigenvalue weighted by atomic mass is 9.98. The summed E-state index contributed by atoms with van der Waals surface area (Å²) < 4.78 is 40.6. The molecular formula is C27H22NO8S+. The summed E-state index contributed by atoms with van der Waals surface area (Å²) in [5.41, 5.74) is 4.07. The van der Waals surface area contributed by atoms with Gasteiger partial charge >= 0.3 is 11.9 Å². The fourth-order valence-electron chi connectivity index (χ4n) is 4.01. The van der Waals surface area contributed by atoms with Crippen molar-refractivity contribution in [1.82, 2.24) is 0 Å². The van der Waals surface area contributed by atoms with Gasteiger partial charge in [-0.15, -0.1) is 0 Å². The number of carboxylic acid groups (broad SMARTS) is 2. The number of hydrogen-bond donors (Lipinski definition) is 3. The van der Waals surface area contributed by atoms with Crippen LogP contribution in [-0.2, 0) is 17.2 Å². The van der Waals surface area contributed by atoms with Gasteiger partial charge in [-0.1, -0.05) is 6.07 Å². The van der Waals surface area contributed by atoms with Crippen molar-refractivity contribution in [3.05, 3.63) is 90.0 Å². The SMILES string of the molecule is COc1ccc(-c2cc(-c3ccc(C(=O)O)cc3)[n+](C)c(-c3ccc(C(=O)O)cc3)c2)cc1S(=O)(=O)O. The average Bonchev–Trinajstić information content (AvgIpc) is 2.88. The highest BCUT2D eigenvalue weighted by Gasteiger charge is 2.23. The average molecular weight is 521 g/mol. The van der Waals surface area contributed by atoms with Crippen molar-refractivity contribution in [3.63, 3.8) is 0 Å². The first kappa shape index (κ1) is 25.5. The number of hydrogen-bond acceptors (Lipinski definition) is 5. The summed E-state index contributed by atoms with van der Waals surface area (Å²) >= 11 is 0. The Morgan fingerprint density at radius 1 is 0.703 bits per heavy atom. The van der Waals surface area contributed by atoms with Crippen LogP contribution in [0, 0.1) is 0 Å². The van der Waals surface area contributed by atoms with Crippen molar-refractivity contribution in [2.45, 2.75) is 4.90 Å². The molecule has 188 valence electrons. The number of aromatic nitrogens is 1. The van der Waals surface area contributed by atoms with Gasteiger partial charge in [-0.25, -0.2) is 9.59 Å². The molecule has 4 rings (SSSR count). The van der Waals surface area contributed by atoms with E-state index in [1.165, 1.54) is 43.5 Å². The number of ether oxygens (including phenoxy) is 1. The topological polar surface area (TPSA) is 142 Å². The normalized spacial score (nSPS) is 11.2. The number of carboxylic acids is 2. The first-order valence-corrected chi connectivity index (χ1v) is 12.3. The summed E-state index contributed by atoms with van der Waals surface area (Å²) in [6, 6.07) is 20.6. The number of nitrogens with zero attached hydrogens (tertiary/aromatic N) is 1. The predicted molar refractivity (Wildman–Crippen MR) is 134 cm³/mol. The largest absolute Gasteiger partial charge is 0.495 e. The van der Waals surface area contributed by atoms with Gasteiger partial charge in [0.05, 0.1) is 18.2 Å². The minimum Gasteiger partial charge on any atom is -0.495 e. The second-order valence-corrected chi connectivity index (χ2v) is 9.57. The molecule has 0 saturated heterocycles. The van der Waals surface area contributed by atoms with Crippen LogP contribution in [0.3, 0.4) is 0 Å². The van der Waals surface area contributed by atoms with E-state index < -0.39 is 22.1 Å². The molecule has 37 heavy (non-hydrogen) atoms.